The average molecular weight is 373 g/mol. The first-order valence-corrected chi connectivity index (χ1v) is 9.75. The van der Waals surface area contributed by atoms with Gasteiger partial charge in [-0.1, -0.05) is 0 Å². The summed E-state index contributed by atoms with van der Waals surface area (Å²) in [5.74, 6) is 0.644. The number of hydrogen-bond acceptors (Lipinski definition) is 6. The molecule has 0 bridgehead atoms. The lowest BCUT2D eigenvalue weighted by Crippen LogP contribution is -2.31. The maximum absolute atomic E-state index is 13.0. The van der Waals surface area contributed by atoms with Crippen LogP contribution in [-0.4, -0.2) is 51.7 Å². The predicted molar refractivity (Wildman–Crippen MR) is 95.3 cm³/mol. The van der Waals surface area contributed by atoms with Crippen molar-refractivity contribution in [3.05, 3.63) is 42.5 Å². The van der Waals surface area contributed by atoms with E-state index in [4.69, 9.17) is 4.74 Å². The fourth-order valence-electron chi connectivity index (χ4n) is 3.20. The van der Waals surface area contributed by atoms with Gasteiger partial charge >= 0.3 is 0 Å². The van der Waals surface area contributed by atoms with E-state index in [0.29, 0.717) is 30.9 Å². The molecule has 26 heavy (non-hydrogen) atoms. The molecule has 1 aliphatic heterocycles. The summed E-state index contributed by atoms with van der Waals surface area (Å²) in [7, 11) is -1.84. The Morgan fingerprint density at radius 1 is 1.31 bits per heavy atom. The Kier molecular flexibility index (Phi) is 4.12. The van der Waals surface area contributed by atoms with Gasteiger partial charge in [0.15, 0.2) is 5.65 Å². The van der Waals surface area contributed by atoms with Gasteiger partial charge < -0.3 is 4.74 Å². The second-order valence-electron chi connectivity index (χ2n) is 6.33. The highest BCUT2D eigenvalue weighted by molar-refractivity contribution is 7.89. The van der Waals surface area contributed by atoms with Crippen LogP contribution in [0.5, 0.6) is 5.75 Å². The number of rotatable bonds is 4. The fraction of sp³-hybridized carbons (Fsp3) is 0.353. The van der Waals surface area contributed by atoms with E-state index in [0.717, 1.165) is 11.1 Å². The highest BCUT2D eigenvalue weighted by atomic mass is 32.2. The van der Waals surface area contributed by atoms with Gasteiger partial charge in [-0.05, 0) is 31.5 Å². The molecule has 0 amide bonds. The number of aryl methyl sites for hydroxylation is 2. The Hall–Kier alpha value is -2.52. The summed E-state index contributed by atoms with van der Waals surface area (Å²) < 4.78 is 34.9. The van der Waals surface area contributed by atoms with Gasteiger partial charge in [0.05, 0.1) is 18.4 Å². The first-order chi connectivity index (χ1) is 12.4. The van der Waals surface area contributed by atoms with Crippen LogP contribution in [0.15, 0.2) is 41.7 Å². The van der Waals surface area contributed by atoms with E-state index in [-0.39, 0.29) is 11.0 Å². The average Bonchev–Trinajstić information content (AvgIpc) is 3.21. The Balaban J connectivity index is 1.56. The molecule has 0 aromatic carbocycles. The van der Waals surface area contributed by atoms with E-state index in [1.807, 2.05) is 13.0 Å². The van der Waals surface area contributed by atoms with Crippen LogP contribution >= 0.6 is 0 Å². The van der Waals surface area contributed by atoms with Gasteiger partial charge in [0.25, 0.3) is 0 Å². The van der Waals surface area contributed by atoms with Crippen LogP contribution in [0.3, 0.4) is 0 Å². The van der Waals surface area contributed by atoms with E-state index < -0.39 is 10.0 Å². The number of aromatic nitrogens is 4. The Labute approximate surface area is 151 Å². The molecule has 0 N–H and O–H groups in total. The van der Waals surface area contributed by atoms with Crippen molar-refractivity contribution in [2.45, 2.75) is 24.3 Å². The monoisotopic (exact) mass is 373 g/mol. The van der Waals surface area contributed by atoms with Crippen LogP contribution in [-0.2, 0) is 17.1 Å². The summed E-state index contributed by atoms with van der Waals surface area (Å²) in [4.78, 5) is 8.47. The standard InChI is InChI=1S/C17H19N5O3S/c1-12-16-8-15(10-19-17(16)21(2)20-12)26(23,24)22-7-5-14(11-22)25-13-4-3-6-18-9-13/h3-4,6,8-10,14H,5,7,11H2,1-2H3/t14-/m0/s1. The molecule has 4 rings (SSSR count). The molecule has 1 saturated heterocycles. The molecule has 136 valence electrons. The Morgan fingerprint density at radius 3 is 2.92 bits per heavy atom. The van der Waals surface area contributed by atoms with E-state index in [2.05, 4.69) is 15.1 Å². The molecule has 3 aromatic heterocycles. The third-order valence-electron chi connectivity index (χ3n) is 4.52. The van der Waals surface area contributed by atoms with Crippen LogP contribution in [0.2, 0.25) is 0 Å². The zero-order valence-electron chi connectivity index (χ0n) is 14.5. The summed E-state index contributed by atoms with van der Waals surface area (Å²) >= 11 is 0. The molecule has 3 aromatic rings. The number of hydrogen-bond donors (Lipinski definition) is 0. The van der Waals surface area contributed by atoms with Crippen molar-refractivity contribution in [3.63, 3.8) is 0 Å². The zero-order valence-corrected chi connectivity index (χ0v) is 15.3. The molecule has 0 aliphatic carbocycles. The van der Waals surface area contributed by atoms with Crippen LogP contribution < -0.4 is 4.74 Å². The first-order valence-electron chi connectivity index (χ1n) is 8.31. The summed E-state index contributed by atoms with van der Waals surface area (Å²) in [6.45, 7) is 2.56. The second kappa shape index (κ2) is 6.33. The molecule has 1 fully saturated rings. The molecule has 4 heterocycles. The first kappa shape index (κ1) is 16.9. The van der Waals surface area contributed by atoms with Crippen LogP contribution in [0.4, 0.5) is 0 Å². The SMILES string of the molecule is Cc1nn(C)c2ncc(S(=O)(=O)N3CC[C@H](Oc4cccnc4)C3)cc12. The quantitative estimate of drug-likeness (QED) is 0.689. The van der Waals surface area contributed by atoms with Gasteiger partial charge in [0, 0.05) is 31.4 Å². The van der Waals surface area contributed by atoms with Crippen molar-refractivity contribution in [2.24, 2.45) is 7.05 Å². The highest BCUT2D eigenvalue weighted by Gasteiger charge is 2.34. The molecular weight excluding hydrogens is 354 g/mol. The topological polar surface area (TPSA) is 90.2 Å². The number of ether oxygens (including phenoxy) is 1. The number of nitrogens with zero attached hydrogens (tertiary/aromatic N) is 5. The minimum absolute atomic E-state index is 0.183. The lowest BCUT2D eigenvalue weighted by molar-refractivity contribution is 0.214. The summed E-state index contributed by atoms with van der Waals surface area (Å²) in [5.41, 5.74) is 1.42. The lowest BCUT2D eigenvalue weighted by atomic mass is 10.3. The molecule has 8 nitrogen and oxygen atoms in total. The van der Waals surface area contributed by atoms with Crippen molar-refractivity contribution >= 4 is 21.1 Å². The molecular formula is C17H19N5O3S. The van der Waals surface area contributed by atoms with E-state index in [1.54, 1.807) is 36.3 Å². The van der Waals surface area contributed by atoms with Crippen LogP contribution in [0.25, 0.3) is 11.0 Å². The molecule has 9 heteroatoms. The minimum Gasteiger partial charge on any atom is -0.487 e. The maximum atomic E-state index is 13.0. The molecule has 1 aliphatic rings. The lowest BCUT2D eigenvalue weighted by Gasteiger charge is -2.17. The van der Waals surface area contributed by atoms with Gasteiger partial charge in [-0.25, -0.2) is 13.4 Å². The van der Waals surface area contributed by atoms with Crippen molar-refractivity contribution in [2.75, 3.05) is 13.1 Å². The third kappa shape index (κ3) is 2.93. The smallest absolute Gasteiger partial charge is 0.244 e. The number of pyridine rings is 2. The second-order valence-corrected chi connectivity index (χ2v) is 8.27. The number of fused-ring (bicyclic) bond motifs is 1. The van der Waals surface area contributed by atoms with Gasteiger partial charge in [-0.3, -0.25) is 9.67 Å². The molecule has 1 atom stereocenters. The Bertz CT molecular complexity index is 1050. The van der Waals surface area contributed by atoms with E-state index in [1.165, 1.54) is 10.5 Å². The largest absolute Gasteiger partial charge is 0.487 e. The van der Waals surface area contributed by atoms with Gasteiger partial charge in [0.2, 0.25) is 10.0 Å². The Morgan fingerprint density at radius 2 is 2.15 bits per heavy atom. The van der Waals surface area contributed by atoms with Gasteiger partial charge in [0.1, 0.15) is 16.7 Å². The van der Waals surface area contributed by atoms with Crippen LogP contribution in [0.1, 0.15) is 12.1 Å². The van der Waals surface area contributed by atoms with Crippen molar-refractivity contribution in [1.29, 1.82) is 0 Å². The number of sulfonamides is 1. The molecule has 0 radical (unpaired) electrons. The van der Waals surface area contributed by atoms with Crippen molar-refractivity contribution in [1.82, 2.24) is 24.1 Å². The van der Waals surface area contributed by atoms with Crippen molar-refractivity contribution < 1.29 is 13.2 Å². The van der Waals surface area contributed by atoms with Crippen LogP contribution in [0, 0.1) is 6.92 Å². The van der Waals surface area contributed by atoms with E-state index in [9.17, 15) is 8.42 Å². The van der Waals surface area contributed by atoms with Gasteiger partial charge in [-0.2, -0.15) is 9.40 Å². The highest BCUT2D eigenvalue weighted by Crippen LogP contribution is 2.26. The molecule has 0 unspecified atom stereocenters. The van der Waals surface area contributed by atoms with E-state index >= 15 is 0 Å². The summed E-state index contributed by atoms with van der Waals surface area (Å²) in [5, 5.41) is 5.04. The summed E-state index contributed by atoms with van der Waals surface area (Å²) in [6, 6.07) is 5.25. The maximum Gasteiger partial charge on any atom is 0.244 e. The normalized spacial score (nSPS) is 18.5. The minimum atomic E-state index is -3.62. The van der Waals surface area contributed by atoms with Gasteiger partial charge in [-0.15, -0.1) is 0 Å². The predicted octanol–water partition coefficient (Wildman–Crippen LogP) is 1.51. The summed E-state index contributed by atoms with van der Waals surface area (Å²) in [6.07, 6.45) is 5.14. The molecule has 0 spiro atoms. The third-order valence-corrected chi connectivity index (χ3v) is 6.35. The van der Waals surface area contributed by atoms with Crippen molar-refractivity contribution in [3.8, 4) is 5.75 Å². The molecule has 0 saturated carbocycles. The zero-order chi connectivity index (χ0) is 18.3. The fourth-order valence-corrected chi connectivity index (χ4v) is 4.66.